The molecule has 1 aliphatic carbocycles. The van der Waals surface area contributed by atoms with Crippen molar-refractivity contribution in [2.24, 2.45) is 5.92 Å². The molecule has 0 bridgehead atoms. The van der Waals surface area contributed by atoms with Gasteiger partial charge >= 0.3 is 0 Å². The number of halogens is 1. The third-order valence-electron chi connectivity index (χ3n) is 3.32. The maximum Gasteiger partial charge on any atom is 0.224 e. The zero-order chi connectivity index (χ0) is 12.1. The third-order valence-corrected chi connectivity index (χ3v) is 4.63. The molecule has 1 aliphatic rings. The highest BCUT2D eigenvalue weighted by molar-refractivity contribution is 7.07. The lowest BCUT2D eigenvalue weighted by molar-refractivity contribution is -0.120. The molecule has 1 N–H and O–H groups in total. The smallest absolute Gasteiger partial charge is 0.224 e. The van der Waals surface area contributed by atoms with Gasteiger partial charge in [-0.15, -0.1) is 11.6 Å². The van der Waals surface area contributed by atoms with Gasteiger partial charge in [-0.1, -0.05) is 12.8 Å². The number of hydrogen-bond acceptors (Lipinski definition) is 2. The zero-order valence-electron chi connectivity index (χ0n) is 9.82. The molecule has 2 atom stereocenters. The fourth-order valence-corrected chi connectivity index (χ4v) is 3.32. The second-order valence-electron chi connectivity index (χ2n) is 4.67. The maximum absolute atomic E-state index is 11.7. The Morgan fingerprint density at radius 3 is 3.00 bits per heavy atom. The van der Waals surface area contributed by atoms with E-state index in [1.807, 2.05) is 16.8 Å². The highest BCUT2D eigenvalue weighted by Crippen LogP contribution is 2.27. The van der Waals surface area contributed by atoms with E-state index in [1.54, 1.807) is 11.3 Å². The van der Waals surface area contributed by atoms with Crippen LogP contribution in [0.1, 0.15) is 31.2 Å². The minimum absolute atomic E-state index is 0.109. The zero-order valence-corrected chi connectivity index (χ0v) is 11.4. The standard InChI is InChI=1S/C13H18ClNOS/c14-12-4-2-1-3-11(12)8-15-13(16)7-10-5-6-17-9-10/h5-6,9,11-12H,1-4,7-8H2,(H,15,16). The lowest BCUT2D eigenvalue weighted by Crippen LogP contribution is -2.35. The minimum Gasteiger partial charge on any atom is -0.355 e. The third kappa shape index (κ3) is 4.00. The van der Waals surface area contributed by atoms with Crippen LogP contribution in [0.4, 0.5) is 0 Å². The van der Waals surface area contributed by atoms with Crippen LogP contribution >= 0.6 is 22.9 Å². The Morgan fingerprint density at radius 1 is 1.47 bits per heavy atom. The number of carbonyl (C=O) groups excluding carboxylic acids is 1. The summed E-state index contributed by atoms with van der Waals surface area (Å²) in [4.78, 5) is 11.7. The summed E-state index contributed by atoms with van der Waals surface area (Å²) in [6.07, 6.45) is 5.20. The maximum atomic E-state index is 11.7. The van der Waals surface area contributed by atoms with E-state index in [0.29, 0.717) is 12.3 Å². The highest BCUT2D eigenvalue weighted by Gasteiger charge is 2.23. The second-order valence-corrected chi connectivity index (χ2v) is 6.01. The van der Waals surface area contributed by atoms with E-state index in [1.165, 1.54) is 12.8 Å². The summed E-state index contributed by atoms with van der Waals surface area (Å²) in [6.45, 7) is 0.733. The van der Waals surface area contributed by atoms with Crippen LogP contribution in [0.3, 0.4) is 0 Å². The molecule has 1 aromatic heterocycles. The summed E-state index contributed by atoms with van der Waals surface area (Å²) in [5.41, 5.74) is 1.10. The Kier molecular flexibility index (Phi) is 4.86. The molecule has 17 heavy (non-hydrogen) atoms. The van der Waals surface area contributed by atoms with Crippen LogP contribution in [-0.4, -0.2) is 17.8 Å². The van der Waals surface area contributed by atoms with E-state index >= 15 is 0 Å². The summed E-state index contributed by atoms with van der Waals surface area (Å²) < 4.78 is 0. The minimum atomic E-state index is 0.109. The average molecular weight is 272 g/mol. The van der Waals surface area contributed by atoms with Crippen LogP contribution in [0, 0.1) is 5.92 Å². The van der Waals surface area contributed by atoms with Gasteiger partial charge in [0.05, 0.1) is 6.42 Å². The van der Waals surface area contributed by atoms with E-state index < -0.39 is 0 Å². The van der Waals surface area contributed by atoms with Crippen molar-refractivity contribution in [3.63, 3.8) is 0 Å². The average Bonchev–Trinajstić information content (AvgIpc) is 2.81. The first kappa shape index (κ1) is 12.9. The van der Waals surface area contributed by atoms with Crippen molar-refractivity contribution < 1.29 is 4.79 Å². The number of rotatable bonds is 4. The largest absolute Gasteiger partial charge is 0.355 e. The predicted molar refractivity (Wildman–Crippen MR) is 72.6 cm³/mol. The Balaban J connectivity index is 1.72. The van der Waals surface area contributed by atoms with Gasteiger partial charge in [0.25, 0.3) is 0 Å². The summed E-state index contributed by atoms with van der Waals surface area (Å²) >= 11 is 7.89. The molecule has 2 rings (SSSR count). The van der Waals surface area contributed by atoms with Crippen molar-refractivity contribution in [2.45, 2.75) is 37.5 Å². The number of alkyl halides is 1. The van der Waals surface area contributed by atoms with Gasteiger partial charge in [-0.25, -0.2) is 0 Å². The van der Waals surface area contributed by atoms with Gasteiger partial charge < -0.3 is 5.32 Å². The van der Waals surface area contributed by atoms with Gasteiger partial charge in [-0.2, -0.15) is 11.3 Å². The van der Waals surface area contributed by atoms with Crippen LogP contribution in [-0.2, 0) is 11.2 Å². The van der Waals surface area contributed by atoms with Crippen molar-refractivity contribution in [3.05, 3.63) is 22.4 Å². The number of amides is 1. The summed E-state index contributed by atoms with van der Waals surface area (Å²) in [5.74, 6) is 0.565. The van der Waals surface area contributed by atoms with E-state index in [0.717, 1.165) is 24.9 Å². The van der Waals surface area contributed by atoms with Crippen molar-refractivity contribution in [2.75, 3.05) is 6.54 Å². The lowest BCUT2D eigenvalue weighted by Gasteiger charge is -2.27. The molecule has 0 saturated heterocycles. The molecule has 0 radical (unpaired) electrons. The molecular formula is C13H18ClNOS. The topological polar surface area (TPSA) is 29.1 Å². The molecule has 0 spiro atoms. The van der Waals surface area contributed by atoms with Crippen LogP contribution in [0.25, 0.3) is 0 Å². The second kappa shape index (κ2) is 6.41. The van der Waals surface area contributed by atoms with Crippen LogP contribution < -0.4 is 5.32 Å². The van der Waals surface area contributed by atoms with Crippen molar-refractivity contribution in [3.8, 4) is 0 Å². The molecule has 4 heteroatoms. The van der Waals surface area contributed by atoms with E-state index in [2.05, 4.69) is 5.32 Å². The monoisotopic (exact) mass is 271 g/mol. The fraction of sp³-hybridized carbons (Fsp3) is 0.615. The van der Waals surface area contributed by atoms with Gasteiger partial charge in [-0.3, -0.25) is 4.79 Å². The lowest BCUT2D eigenvalue weighted by atomic mass is 9.88. The first-order valence-electron chi connectivity index (χ1n) is 6.17. The Hall–Kier alpha value is -0.540. The molecular weight excluding hydrogens is 254 g/mol. The summed E-state index contributed by atoms with van der Waals surface area (Å²) in [5, 5.41) is 7.26. The Morgan fingerprint density at radius 2 is 2.29 bits per heavy atom. The molecule has 2 nitrogen and oxygen atoms in total. The quantitative estimate of drug-likeness (QED) is 0.837. The van der Waals surface area contributed by atoms with E-state index in [-0.39, 0.29) is 11.3 Å². The van der Waals surface area contributed by atoms with Crippen molar-refractivity contribution >= 4 is 28.8 Å². The predicted octanol–water partition coefficient (Wildman–Crippen LogP) is 3.20. The van der Waals surface area contributed by atoms with Gasteiger partial charge in [0.1, 0.15) is 0 Å². The van der Waals surface area contributed by atoms with Gasteiger partial charge in [-0.05, 0) is 41.1 Å². The first-order valence-corrected chi connectivity index (χ1v) is 7.55. The molecule has 94 valence electrons. The summed E-state index contributed by atoms with van der Waals surface area (Å²) in [7, 11) is 0. The van der Waals surface area contributed by atoms with Crippen LogP contribution in [0.2, 0.25) is 0 Å². The first-order chi connectivity index (χ1) is 8.25. The van der Waals surface area contributed by atoms with Crippen LogP contribution in [0.5, 0.6) is 0 Å². The number of thiophene rings is 1. The summed E-state index contributed by atoms with van der Waals surface area (Å²) in [6, 6.07) is 2.00. The number of hydrogen-bond donors (Lipinski definition) is 1. The Bertz CT molecular complexity index is 352. The molecule has 2 unspecified atom stereocenters. The van der Waals surface area contributed by atoms with Crippen LogP contribution in [0.15, 0.2) is 16.8 Å². The van der Waals surface area contributed by atoms with Gasteiger partial charge in [0.2, 0.25) is 5.91 Å². The molecule has 0 aliphatic heterocycles. The van der Waals surface area contributed by atoms with E-state index in [9.17, 15) is 4.79 Å². The molecule has 1 amide bonds. The fourth-order valence-electron chi connectivity index (χ4n) is 2.28. The highest BCUT2D eigenvalue weighted by atomic mass is 35.5. The van der Waals surface area contributed by atoms with Crippen molar-refractivity contribution in [1.82, 2.24) is 5.32 Å². The SMILES string of the molecule is O=C(Cc1ccsc1)NCC1CCCCC1Cl. The van der Waals surface area contributed by atoms with E-state index in [4.69, 9.17) is 11.6 Å². The molecule has 1 heterocycles. The van der Waals surface area contributed by atoms with Gasteiger partial charge in [0, 0.05) is 11.9 Å². The molecule has 0 aromatic carbocycles. The molecule has 1 aromatic rings. The Labute approximate surface area is 111 Å². The molecule has 1 fully saturated rings. The van der Waals surface area contributed by atoms with Gasteiger partial charge in [0.15, 0.2) is 0 Å². The van der Waals surface area contributed by atoms with Crippen molar-refractivity contribution in [1.29, 1.82) is 0 Å². The normalized spacial score (nSPS) is 24.5. The number of carbonyl (C=O) groups is 1. The molecule has 1 saturated carbocycles. The number of nitrogens with one attached hydrogen (secondary N) is 1.